The van der Waals surface area contributed by atoms with Gasteiger partial charge in [0.2, 0.25) is 5.91 Å². The van der Waals surface area contributed by atoms with Crippen molar-refractivity contribution < 1.29 is 4.79 Å². The monoisotopic (exact) mass is 280 g/mol. The fourth-order valence-corrected chi connectivity index (χ4v) is 2.04. The third-order valence-electron chi connectivity index (χ3n) is 2.80. The number of rotatable bonds is 7. The number of nitrogens with two attached hydrogens (primary N) is 1. The van der Waals surface area contributed by atoms with E-state index in [1.807, 2.05) is 28.9 Å². The van der Waals surface area contributed by atoms with Crippen molar-refractivity contribution in [3.8, 4) is 0 Å². The maximum absolute atomic E-state index is 10.6. The third-order valence-corrected chi connectivity index (χ3v) is 3.02. The molecule has 102 valence electrons. The van der Waals surface area contributed by atoms with Gasteiger partial charge in [0, 0.05) is 25.4 Å². The molecule has 0 bridgehead atoms. The second kappa shape index (κ2) is 6.54. The normalized spacial score (nSPS) is 11.0. The molecule has 2 aromatic heterocycles. The standard InChI is InChI=1S/C13H17ClN4O/c14-10-4-5-13-17-11(9-18(13)8-10)7-16-6-2-1-3-12(15)19/h4-5,8-9,16H,1-3,6-7H2,(H2,15,19). The van der Waals surface area contributed by atoms with Crippen LogP contribution in [0, 0.1) is 0 Å². The molecule has 2 heterocycles. The van der Waals surface area contributed by atoms with Crippen LogP contribution in [0.5, 0.6) is 0 Å². The minimum absolute atomic E-state index is 0.239. The van der Waals surface area contributed by atoms with Crippen LogP contribution in [0.3, 0.4) is 0 Å². The van der Waals surface area contributed by atoms with Gasteiger partial charge < -0.3 is 15.5 Å². The van der Waals surface area contributed by atoms with Crippen molar-refractivity contribution in [3.63, 3.8) is 0 Å². The Hall–Kier alpha value is -1.59. The highest BCUT2D eigenvalue weighted by atomic mass is 35.5. The molecule has 2 aromatic rings. The number of hydrogen-bond donors (Lipinski definition) is 2. The van der Waals surface area contributed by atoms with Crippen LogP contribution >= 0.6 is 11.6 Å². The van der Waals surface area contributed by atoms with Crippen LogP contribution in [0.25, 0.3) is 5.65 Å². The van der Waals surface area contributed by atoms with Crippen LogP contribution in [-0.4, -0.2) is 21.8 Å². The lowest BCUT2D eigenvalue weighted by atomic mass is 10.2. The van der Waals surface area contributed by atoms with Crippen LogP contribution in [0.1, 0.15) is 25.0 Å². The molecule has 0 spiro atoms. The molecule has 2 rings (SSSR count). The Morgan fingerprint density at radius 3 is 3.00 bits per heavy atom. The Kier molecular flexibility index (Phi) is 4.76. The maximum Gasteiger partial charge on any atom is 0.217 e. The highest BCUT2D eigenvalue weighted by Crippen LogP contribution is 2.11. The fourth-order valence-electron chi connectivity index (χ4n) is 1.87. The second-order valence-corrected chi connectivity index (χ2v) is 4.88. The lowest BCUT2D eigenvalue weighted by Crippen LogP contribution is -2.16. The third kappa shape index (κ3) is 4.22. The number of imidazole rings is 1. The van der Waals surface area contributed by atoms with Crippen LogP contribution in [0.4, 0.5) is 0 Å². The molecule has 0 aromatic carbocycles. The minimum atomic E-state index is -0.239. The number of unbranched alkanes of at least 4 members (excludes halogenated alkanes) is 1. The molecule has 6 heteroatoms. The predicted octanol–water partition coefficient (Wildman–Crippen LogP) is 1.73. The molecule has 0 aliphatic heterocycles. The van der Waals surface area contributed by atoms with Crippen molar-refractivity contribution >= 4 is 23.2 Å². The summed E-state index contributed by atoms with van der Waals surface area (Å²) in [6.45, 7) is 1.55. The first-order valence-electron chi connectivity index (χ1n) is 6.27. The van der Waals surface area contributed by atoms with Crippen molar-refractivity contribution in [3.05, 3.63) is 35.2 Å². The van der Waals surface area contributed by atoms with Gasteiger partial charge in [-0.05, 0) is 31.5 Å². The number of halogens is 1. The molecular weight excluding hydrogens is 264 g/mol. The Bertz CT molecular complexity index is 567. The summed E-state index contributed by atoms with van der Waals surface area (Å²) >= 11 is 5.91. The molecular formula is C13H17ClN4O. The predicted molar refractivity (Wildman–Crippen MR) is 75.0 cm³/mol. The summed E-state index contributed by atoms with van der Waals surface area (Å²) in [5, 5.41) is 3.98. The zero-order valence-electron chi connectivity index (χ0n) is 10.6. The van der Waals surface area contributed by atoms with E-state index in [2.05, 4.69) is 10.3 Å². The Morgan fingerprint density at radius 2 is 2.21 bits per heavy atom. The van der Waals surface area contributed by atoms with E-state index in [1.165, 1.54) is 0 Å². The molecule has 0 fully saturated rings. The molecule has 19 heavy (non-hydrogen) atoms. The maximum atomic E-state index is 10.6. The quantitative estimate of drug-likeness (QED) is 0.759. The summed E-state index contributed by atoms with van der Waals surface area (Å²) in [6.07, 6.45) is 6.00. The summed E-state index contributed by atoms with van der Waals surface area (Å²) < 4.78 is 1.91. The summed E-state index contributed by atoms with van der Waals surface area (Å²) in [6, 6.07) is 3.71. The molecule has 1 amide bonds. The number of carbonyl (C=O) groups is 1. The summed E-state index contributed by atoms with van der Waals surface area (Å²) in [4.78, 5) is 15.0. The number of carbonyl (C=O) groups excluding carboxylic acids is 1. The Balaban J connectivity index is 1.77. The van der Waals surface area contributed by atoms with Gasteiger partial charge in [-0.2, -0.15) is 0 Å². The van der Waals surface area contributed by atoms with E-state index < -0.39 is 0 Å². The van der Waals surface area contributed by atoms with Crippen LogP contribution < -0.4 is 11.1 Å². The first-order chi connectivity index (χ1) is 9.15. The molecule has 0 saturated carbocycles. The number of fused-ring (bicyclic) bond motifs is 1. The highest BCUT2D eigenvalue weighted by Gasteiger charge is 2.01. The van der Waals surface area contributed by atoms with Gasteiger partial charge in [0.1, 0.15) is 5.65 Å². The van der Waals surface area contributed by atoms with Crippen molar-refractivity contribution in [1.82, 2.24) is 14.7 Å². The van der Waals surface area contributed by atoms with E-state index >= 15 is 0 Å². The highest BCUT2D eigenvalue weighted by molar-refractivity contribution is 6.30. The number of primary amides is 1. The van der Waals surface area contributed by atoms with Gasteiger partial charge in [-0.1, -0.05) is 11.6 Å². The van der Waals surface area contributed by atoms with Gasteiger partial charge in [0.05, 0.1) is 10.7 Å². The summed E-state index contributed by atoms with van der Waals surface area (Å²) in [5.74, 6) is -0.239. The lowest BCUT2D eigenvalue weighted by molar-refractivity contribution is -0.118. The molecule has 3 N–H and O–H groups in total. The Labute approximate surface area is 116 Å². The molecule has 0 aliphatic carbocycles. The zero-order valence-corrected chi connectivity index (χ0v) is 11.4. The van der Waals surface area contributed by atoms with Crippen LogP contribution in [0.15, 0.2) is 24.5 Å². The number of nitrogens with zero attached hydrogens (tertiary/aromatic N) is 2. The topological polar surface area (TPSA) is 72.4 Å². The molecule has 0 atom stereocenters. The lowest BCUT2D eigenvalue weighted by Gasteiger charge is -2.01. The van der Waals surface area contributed by atoms with Gasteiger partial charge in [0.15, 0.2) is 0 Å². The van der Waals surface area contributed by atoms with Crippen molar-refractivity contribution in [2.45, 2.75) is 25.8 Å². The van der Waals surface area contributed by atoms with Crippen LogP contribution in [-0.2, 0) is 11.3 Å². The minimum Gasteiger partial charge on any atom is -0.370 e. The second-order valence-electron chi connectivity index (χ2n) is 4.45. The van der Waals surface area contributed by atoms with Gasteiger partial charge in [0.25, 0.3) is 0 Å². The van der Waals surface area contributed by atoms with E-state index in [0.717, 1.165) is 30.7 Å². The number of amides is 1. The van der Waals surface area contributed by atoms with Crippen molar-refractivity contribution in [2.75, 3.05) is 6.54 Å². The zero-order chi connectivity index (χ0) is 13.7. The van der Waals surface area contributed by atoms with Crippen LogP contribution in [0.2, 0.25) is 5.02 Å². The van der Waals surface area contributed by atoms with Gasteiger partial charge >= 0.3 is 0 Å². The summed E-state index contributed by atoms with van der Waals surface area (Å²) in [5.41, 5.74) is 6.92. The molecule has 0 unspecified atom stereocenters. The molecule has 5 nitrogen and oxygen atoms in total. The molecule has 0 radical (unpaired) electrons. The van der Waals surface area contributed by atoms with E-state index in [9.17, 15) is 4.79 Å². The summed E-state index contributed by atoms with van der Waals surface area (Å²) in [7, 11) is 0. The number of nitrogens with one attached hydrogen (secondary N) is 1. The first-order valence-corrected chi connectivity index (χ1v) is 6.65. The SMILES string of the molecule is NC(=O)CCCCNCc1cn2cc(Cl)ccc2n1. The molecule has 0 aliphatic rings. The van der Waals surface area contributed by atoms with Gasteiger partial charge in [-0.3, -0.25) is 4.79 Å². The van der Waals surface area contributed by atoms with E-state index in [0.29, 0.717) is 18.0 Å². The van der Waals surface area contributed by atoms with E-state index in [-0.39, 0.29) is 5.91 Å². The van der Waals surface area contributed by atoms with E-state index in [1.54, 1.807) is 0 Å². The molecule has 0 saturated heterocycles. The average Bonchev–Trinajstić information content (AvgIpc) is 2.75. The van der Waals surface area contributed by atoms with Crippen molar-refractivity contribution in [2.24, 2.45) is 5.73 Å². The number of hydrogen-bond acceptors (Lipinski definition) is 3. The van der Waals surface area contributed by atoms with Gasteiger partial charge in [-0.15, -0.1) is 0 Å². The Morgan fingerprint density at radius 1 is 1.37 bits per heavy atom. The van der Waals surface area contributed by atoms with Crippen molar-refractivity contribution in [1.29, 1.82) is 0 Å². The van der Waals surface area contributed by atoms with Gasteiger partial charge in [-0.25, -0.2) is 4.98 Å². The fraction of sp³-hybridized carbons (Fsp3) is 0.385. The number of pyridine rings is 1. The van der Waals surface area contributed by atoms with E-state index in [4.69, 9.17) is 17.3 Å². The number of aromatic nitrogens is 2. The smallest absolute Gasteiger partial charge is 0.217 e. The largest absolute Gasteiger partial charge is 0.370 e. The average molecular weight is 281 g/mol. The first kappa shape index (κ1) is 13.8.